The van der Waals surface area contributed by atoms with Crippen LogP contribution in [0.4, 0.5) is 0 Å². The van der Waals surface area contributed by atoms with Crippen LogP contribution in [-0.2, 0) is 11.3 Å². The van der Waals surface area contributed by atoms with Crippen LogP contribution in [0.25, 0.3) is 0 Å². The third-order valence-corrected chi connectivity index (χ3v) is 5.01. The number of nitrogens with zero attached hydrogens (tertiary/aromatic N) is 2. The van der Waals surface area contributed by atoms with E-state index in [1.165, 1.54) is 32.1 Å². The summed E-state index contributed by atoms with van der Waals surface area (Å²) >= 11 is 0. The number of nitrogens with one attached hydrogen (secondary N) is 1. The summed E-state index contributed by atoms with van der Waals surface area (Å²) in [6.45, 7) is 4.14. The van der Waals surface area contributed by atoms with Crippen molar-refractivity contribution in [2.75, 3.05) is 13.2 Å². The minimum absolute atomic E-state index is 0.0203. The maximum atomic E-state index is 12.2. The molecule has 140 valence electrons. The number of rotatable bonds is 8. The second-order valence-electron chi connectivity index (χ2n) is 7.04. The zero-order chi connectivity index (χ0) is 18.2. The smallest absolute Gasteiger partial charge is 0.251 e. The van der Waals surface area contributed by atoms with E-state index in [9.17, 15) is 4.79 Å². The van der Waals surface area contributed by atoms with Crippen molar-refractivity contribution in [2.45, 2.75) is 58.1 Å². The van der Waals surface area contributed by atoms with Crippen molar-refractivity contribution in [2.24, 2.45) is 0 Å². The average Bonchev–Trinajstić information content (AvgIpc) is 3.07. The SMILES string of the molecule is Cc1nccn1Cc1ccc(C(=O)NCCCOC2CCCCC2)cc1. The van der Waals surface area contributed by atoms with Crippen molar-refractivity contribution in [1.82, 2.24) is 14.9 Å². The van der Waals surface area contributed by atoms with E-state index in [0.29, 0.717) is 18.2 Å². The highest BCUT2D eigenvalue weighted by molar-refractivity contribution is 5.94. The lowest BCUT2D eigenvalue weighted by atomic mass is 9.98. The Bertz CT molecular complexity index is 688. The number of aromatic nitrogens is 2. The first-order chi connectivity index (χ1) is 12.7. The standard InChI is InChI=1S/C21H29N3O2/c1-17-22-13-14-24(17)16-18-8-10-19(11-9-18)21(25)23-12-5-15-26-20-6-3-2-4-7-20/h8-11,13-14,20H,2-7,12,15-16H2,1H3,(H,23,25). The second-order valence-corrected chi connectivity index (χ2v) is 7.04. The first kappa shape index (κ1) is 18.6. The van der Waals surface area contributed by atoms with Gasteiger partial charge in [-0.25, -0.2) is 4.98 Å². The average molecular weight is 355 g/mol. The van der Waals surface area contributed by atoms with Crippen LogP contribution in [0.2, 0.25) is 0 Å². The summed E-state index contributed by atoms with van der Waals surface area (Å²) in [7, 11) is 0. The fourth-order valence-corrected chi connectivity index (χ4v) is 3.39. The molecule has 5 nitrogen and oxygen atoms in total. The normalized spacial score (nSPS) is 15.1. The van der Waals surface area contributed by atoms with Crippen molar-refractivity contribution in [1.29, 1.82) is 0 Å². The second kappa shape index (κ2) is 9.53. The summed E-state index contributed by atoms with van der Waals surface area (Å²) in [5.74, 6) is 0.968. The zero-order valence-electron chi connectivity index (χ0n) is 15.6. The Labute approximate surface area is 155 Å². The third kappa shape index (κ3) is 5.43. The van der Waals surface area contributed by atoms with Crippen LogP contribution >= 0.6 is 0 Å². The van der Waals surface area contributed by atoms with Crippen LogP contribution in [-0.4, -0.2) is 34.7 Å². The summed E-state index contributed by atoms with van der Waals surface area (Å²) in [6, 6.07) is 7.77. The molecule has 5 heteroatoms. The van der Waals surface area contributed by atoms with E-state index in [1.807, 2.05) is 37.4 Å². The molecule has 26 heavy (non-hydrogen) atoms. The van der Waals surface area contributed by atoms with Gasteiger partial charge in [0.1, 0.15) is 5.82 Å². The Hall–Kier alpha value is -2.14. The molecule has 1 aliphatic carbocycles. The Morgan fingerprint density at radius 3 is 2.69 bits per heavy atom. The van der Waals surface area contributed by atoms with Gasteiger partial charge in [0.15, 0.2) is 0 Å². The molecule has 1 aliphatic rings. The van der Waals surface area contributed by atoms with Gasteiger partial charge < -0.3 is 14.6 Å². The van der Waals surface area contributed by atoms with Gasteiger partial charge in [0.05, 0.1) is 6.10 Å². The summed E-state index contributed by atoms with van der Waals surface area (Å²) in [4.78, 5) is 16.5. The van der Waals surface area contributed by atoms with Crippen LogP contribution < -0.4 is 5.32 Å². The van der Waals surface area contributed by atoms with Crippen LogP contribution in [0.5, 0.6) is 0 Å². The summed E-state index contributed by atoms with van der Waals surface area (Å²) in [5.41, 5.74) is 1.85. The Balaban J connectivity index is 1.37. The van der Waals surface area contributed by atoms with E-state index in [0.717, 1.165) is 31.0 Å². The molecule has 1 amide bonds. The molecule has 1 saturated carbocycles. The molecule has 0 saturated heterocycles. The van der Waals surface area contributed by atoms with Gasteiger partial charge in [0, 0.05) is 37.7 Å². The predicted molar refractivity (Wildman–Crippen MR) is 102 cm³/mol. The molecule has 1 aromatic carbocycles. The molecule has 3 rings (SSSR count). The highest BCUT2D eigenvalue weighted by Crippen LogP contribution is 2.20. The lowest BCUT2D eigenvalue weighted by molar-refractivity contribution is 0.0273. The highest BCUT2D eigenvalue weighted by atomic mass is 16.5. The van der Waals surface area contributed by atoms with Gasteiger partial charge in [-0.05, 0) is 43.9 Å². The molecule has 1 N–H and O–H groups in total. The third-order valence-electron chi connectivity index (χ3n) is 5.01. The van der Waals surface area contributed by atoms with Gasteiger partial charge in [0.25, 0.3) is 5.91 Å². The van der Waals surface area contributed by atoms with Gasteiger partial charge in [-0.3, -0.25) is 4.79 Å². The Morgan fingerprint density at radius 1 is 1.23 bits per heavy atom. The maximum absolute atomic E-state index is 12.2. The first-order valence-electron chi connectivity index (χ1n) is 9.69. The van der Waals surface area contributed by atoms with Crippen LogP contribution in [0.15, 0.2) is 36.7 Å². The molecule has 0 radical (unpaired) electrons. The van der Waals surface area contributed by atoms with Crippen LogP contribution in [0.1, 0.15) is 60.3 Å². The number of hydrogen-bond acceptors (Lipinski definition) is 3. The lowest BCUT2D eigenvalue weighted by Gasteiger charge is -2.21. The molecule has 0 atom stereocenters. The van der Waals surface area contributed by atoms with Crippen molar-refractivity contribution >= 4 is 5.91 Å². The van der Waals surface area contributed by atoms with E-state index in [-0.39, 0.29) is 5.91 Å². The van der Waals surface area contributed by atoms with Gasteiger partial charge in [-0.15, -0.1) is 0 Å². The number of carbonyl (C=O) groups is 1. The highest BCUT2D eigenvalue weighted by Gasteiger charge is 2.13. The van der Waals surface area contributed by atoms with Crippen molar-refractivity contribution < 1.29 is 9.53 Å². The molecular formula is C21H29N3O2. The van der Waals surface area contributed by atoms with E-state index in [2.05, 4.69) is 14.9 Å². The van der Waals surface area contributed by atoms with Gasteiger partial charge in [0.2, 0.25) is 0 Å². The van der Waals surface area contributed by atoms with Gasteiger partial charge >= 0.3 is 0 Å². The molecule has 1 fully saturated rings. The van der Waals surface area contributed by atoms with Crippen LogP contribution in [0, 0.1) is 6.92 Å². The number of benzene rings is 1. The Kier molecular flexibility index (Phi) is 6.83. The largest absolute Gasteiger partial charge is 0.378 e. The van der Waals surface area contributed by atoms with E-state index < -0.39 is 0 Å². The fourth-order valence-electron chi connectivity index (χ4n) is 3.39. The Morgan fingerprint density at radius 2 is 2.00 bits per heavy atom. The molecule has 0 unspecified atom stereocenters. The molecule has 0 bridgehead atoms. The molecular weight excluding hydrogens is 326 g/mol. The van der Waals surface area contributed by atoms with E-state index in [4.69, 9.17) is 4.74 Å². The number of amides is 1. The topological polar surface area (TPSA) is 56.2 Å². The summed E-state index contributed by atoms with van der Waals surface area (Å²) in [5, 5.41) is 2.98. The van der Waals surface area contributed by atoms with E-state index >= 15 is 0 Å². The molecule has 0 spiro atoms. The number of hydrogen-bond donors (Lipinski definition) is 1. The van der Waals surface area contributed by atoms with Crippen LogP contribution in [0.3, 0.4) is 0 Å². The minimum Gasteiger partial charge on any atom is -0.378 e. The lowest BCUT2D eigenvalue weighted by Crippen LogP contribution is -2.26. The monoisotopic (exact) mass is 355 g/mol. The fraction of sp³-hybridized carbons (Fsp3) is 0.524. The van der Waals surface area contributed by atoms with E-state index in [1.54, 1.807) is 6.20 Å². The quantitative estimate of drug-likeness (QED) is 0.735. The zero-order valence-corrected chi connectivity index (χ0v) is 15.6. The minimum atomic E-state index is -0.0203. The molecule has 0 aliphatic heterocycles. The maximum Gasteiger partial charge on any atom is 0.251 e. The van der Waals surface area contributed by atoms with Crippen molar-refractivity contribution in [3.05, 3.63) is 53.6 Å². The molecule has 1 heterocycles. The number of imidazole rings is 1. The number of carbonyl (C=O) groups excluding carboxylic acids is 1. The molecule has 2 aromatic rings. The molecule has 1 aromatic heterocycles. The first-order valence-corrected chi connectivity index (χ1v) is 9.69. The van der Waals surface area contributed by atoms with Gasteiger partial charge in [-0.2, -0.15) is 0 Å². The van der Waals surface area contributed by atoms with Gasteiger partial charge in [-0.1, -0.05) is 31.4 Å². The summed E-state index contributed by atoms with van der Waals surface area (Å²) < 4.78 is 7.97. The van der Waals surface area contributed by atoms with Crippen molar-refractivity contribution in [3.63, 3.8) is 0 Å². The number of aryl methyl sites for hydroxylation is 1. The summed E-state index contributed by atoms with van der Waals surface area (Å²) in [6.07, 6.45) is 11.4. The number of ether oxygens (including phenoxy) is 1. The van der Waals surface area contributed by atoms with Crippen molar-refractivity contribution in [3.8, 4) is 0 Å². The predicted octanol–water partition coefficient (Wildman–Crippen LogP) is 3.71.